The standard InChI is InChI=1S/C11H16BrNS2/c1-14-10-4-2-3-9(10)13-6-8-5-11(12)15-7-8/h5,7,9-10,13H,2-4,6H2,1H3. The zero-order chi connectivity index (χ0) is 10.7. The monoisotopic (exact) mass is 305 g/mol. The number of hydrogen-bond acceptors (Lipinski definition) is 3. The molecule has 0 aromatic carbocycles. The van der Waals surface area contributed by atoms with Gasteiger partial charge in [0.05, 0.1) is 3.79 Å². The molecular formula is C11H16BrNS2. The van der Waals surface area contributed by atoms with E-state index in [2.05, 4.69) is 38.9 Å². The van der Waals surface area contributed by atoms with Crippen LogP contribution in [0.1, 0.15) is 24.8 Å². The Balaban J connectivity index is 1.82. The molecule has 1 aliphatic carbocycles. The average molecular weight is 306 g/mol. The second-order valence-electron chi connectivity index (χ2n) is 3.95. The maximum atomic E-state index is 3.68. The molecule has 15 heavy (non-hydrogen) atoms. The van der Waals surface area contributed by atoms with Crippen molar-refractivity contribution in [2.45, 2.75) is 37.1 Å². The highest BCUT2D eigenvalue weighted by Gasteiger charge is 2.25. The highest BCUT2D eigenvalue weighted by molar-refractivity contribution is 9.11. The summed E-state index contributed by atoms with van der Waals surface area (Å²) in [6.45, 7) is 1.02. The molecule has 84 valence electrons. The van der Waals surface area contributed by atoms with Gasteiger partial charge < -0.3 is 5.32 Å². The number of halogens is 1. The number of nitrogens with one attached hydrogen (secondary N) is 1. The van der Waals surface area contributed by atoms with Crippen molar-refractivity contribution in [3.8, 4) is 0 Å². The van der Waals surface area contributed by atoms with Crippen molar-refractivity contribution in [1.82, 2.24) is 5.32 Å². The van der Waals surface area contributed by atoms with Gasteiger partial charge in [-0.2, -0.15) is 11.8 Å². The van der Waals surface area contributed by atoms with Crippen LogP contribution in [0, 0.1) is 0 Å². The van der Waals surface area contributed by atoms with Gasteiger partial charge in [-0.15, -0.1) is 11.3 Å². The van der Waals surface area contributed by atoms with Crippen molar-refractivity contribution in [2.75, 3.05) is 6.26 Å². The fourth-order valence-corrected chi connectivity index (χ4v) is 4.30. The Labute approximate surface area is 108 Å². The molecule has 1 saturated carbocycles. The van der Waals surface area contributed by atoms with Gasteiger partial charge in [0.25, 0.3) is 0 Å². The molecule has 1 aromatic rings. The van der Waals surface area contributed by atoms with Crippen molar-refractivity contribution in [1.29, 1.82) is 0 Å². The molecule has 1 aliphatic rings. The molecule has 2 atom stereocenters. The summed E-state index contributed by atoms with van der Waals surface area (Å²) in [4.78, 5) is 0. The van der Waals surface area contributed by atoms with E-state index in [1.807, 2.05) is 11.8 Å². The first-order valence-corrected chi connectivity index (χ1v) is 8.24. The molecule has 4 heteroatoms. The average Bonchev–Trinajstić information content (AvgIpc) is 2.83. The van der Waals surface area contributed by atoms with Crippen LogP contribution < -0.4 is 5.32 Å². The zero-order valence-electron chi connectivity index (χ0n) is 8.83. The minimum Gasteiger partial charge on any atom is -0.309 e. The van der Waals surface area contributed by atoms with Gasteiger partial charge >= 0.3 is 0 Å². The molecule has 0 spiro atoms. The lowest BCUT2D eigenvalue weighted by atomic mass is 10.2. The third-order valence-electron chi connectivity index (χ3n) is 2.95. The van der Waals surface area contributed by atoms with E-state index in [1.54, 1.807) is 11.3 Å². The normalized spacial score (nSPS) is 26.0. The molecule has 0 bridgehead atoms. The van der Waals surface area contributed by atoms with E-state index < -0.39 is 0 Å². The summed E-state index contributed by atoms with van der Waals surface area (Å²) >= 11 is 7.27. The van der Waals surface area contributed by atoms with Crippen LogP contribution in [0.2, 0.25) is 0 Å². The summed E-state index contributed by atoms with van der Waals surface area (Å²) in [5.41, 5.74) is 1.40. The Bertz CT molecular complexity index is 313. The van der Waals surface area contributed by atoms with Crippen LogP contribution in [0.4, 0.5) is 0 Å². The topological polar surface area (TPSA) is 12.0 Å². The first kappa shape index (κ1) is 12.0. The van der Waals surface area contributed by atoms with Gasteiger partial charge in [0.15, 0.2) is 0 Å². The smallest absolute Gasteiger partial charge is 0.0701 e. The number of thiophene rings is 1. The molecule has 0 amide bonds. The summed E-state index contributed by atoms with van der Waals surface area (Å²) in [7, 11) is 0. The molecule has 1 N–H and O–H groups in total. The van der Waals surface area contributed by atoms with Gasteiger partial charge in [0, 0.05) is 17.8 Å². The van der Waals surface area contributed by atoms with Crippen molar-refractivity contribution in [2.24, 2.45) is 0 Å². The van der Waals surface area contributed by atoms with E-state index in [9.17, 15) is 0 Å². The van der Waals surface area contributed by atoms with Crippen LogP contribution in [0.3, 0.4) is 0 Å². The lowest BCUT2D eigenvalue weighted by Gasteiger charge is -2.18. The highest BCUT2D eigenvalue weighted by atomic mass is 79.9. The molecule has 2 rings (SSSR count). The molecule has 0 saturated heterocycles. The highest BCUT2D eigenvalue weighted by Crippen LogP contribution is 2.29. The number of thioether (sulfide) groups is 1. The fraction of sp³-hybridized carbons (Fsp3) is 0.636. The first-order chi connectivity index (χ1) is 7.29. The van der Waals surface area contributed by atoms with Gasteiger partial charge in [0.2, 0.25) is 0 Å². The lowest BCUT2D eigenvalue weighted by Crippen LogP contribution is -2.33. The van der Waals surface area contributed by atoms with Crippen molar-refractivity contribution >= 4 is 39.0 Å². The van der Waals surface area contributed by atoms with E-state index in [-0.39, 0.29) is 0 Å². The maximum Gasteiger partial charge on any atom is 0.0701 e. The van der Waals surface area contributed by atoms with Crippen LogP contribution in [-0.2, 0) is 6.54 Å². The van der Waals surface area contributed by atoms with Crippen LogP contribution >= 0.6 is 39.0 Å². The summed E-state index contributed by atoms with van der Waals surface area (Å²) in [5.74, 6) is 0. The number of rotatable bonds is 4. The summed E-state index contributed by atoms with van der Waals surface area (Å²) in [6.07, 6.45) is 6.34. The largest absolute Gasteiger partial charge is 0.309 e. The molecule has 0 radical (unpaired) electrons. The van der Waals surface area contributed by atoms with Crippen LogP contribution in [0.15, 0.2) is 15.2 Å². The Morgan fingerprint density at radius 1 is 1.60 bits per heavy atom. The second kappa shape index (κ2) is 5.71. The van der Waals surface area contributed by atoms with Gasteiger partial charge in [-0.3, -0.25) is 0 Å². The van der Waals surface area contributed by atoms with Crippen molar-refractivity contribution in [3.63, 3.8) is 0 Å². The minimum absolute atomic E-state index is 0.721. The SMILES string of the molecule is CSC1CCCC1NCc1csc(Br)c1. The summed E-state index contributed by atoms with van der Waals surface area (Å²) in [6, 6.07) is 2.93. The predicted octanol–water partition coefficient (Wildman–Crippen LogP) is 3.88. The second-order valence-corrected chi connectivity index (χ2v) is 7.32. The van der Waals surface area contributed by atoms with Gasteiger partial charge in [-0.05, 0) is 52.0 Å². The molecule has 1 aromatic heterocycles. The van der Waals surface area contributed by atoms with E-state index in [0.29, 0.717) is 0 Å². The number of hydrogen-bond donors (Lipinski definition) is 1. The van der Waals surface area contributed by atoms with Crippen LogP contribution in [0.25, 0.3) is 0 Å². The van der Waals surface area contributed by atoms with Gasteiger partial charge in [-0.25, -0.2) is 0 Å². The van der Waals surface area contributed by atoms with E-state index >= 15 is 0 Å². The van der Waals surface area contributed by atoms with Crippen molar-refractivity contribution < 1.29 is 0 Å². The quantitative estimate of drug-likeness (QED) is 0.906. The predicted molar refractivity (Wildman–Crippen MR) is 73.8 cm³/mol. The summed E-state index contributed by atoms with van der Waals surface area (Å²) in [5, 5.41) is 6.73. The Morgan fingerprint density at radius 3 is 3.13 bits per heavy atom. The molecular weight excluding hydrogens is 290 g/mol. The van der Waals surface area contributed by atoms with Crippen molar-refractivity contribution in [3.05, 3.63) is 20.8 Å². The lowest BCUT2D eigenvalue weighted by molar-refractivity contribution is 0.533. The fourth-order valence-electron chi connectivity index (χ4n) is 2.13. The Hall–Kier alpha value is 0.490. The minimum atomic E-state index is 0.721. The third kappa shape index (κ3) is 3.22. The molecule has 2 unspecified atom stereocenters. The molecule has 1 heterocycles. The van der Waals surface area contributed by atoms with E-state index in [0.717, 1.165) is 17.8 Å². The summed E-state index contributed by atoms with van der Waals surface area (Å²) < 4.78 is 1.23. The van der Waals surface area contributed by atoms with E-state index in [1.165, 1.54) is 28.6 Å². The van der Waals surface area contributed by atoms with E-state index in [4.69, 9.17) is 0 Å². The van der Waals surface area contributed by atoms with Gasteiger partial charge in [-0.1, -0.05) is 6.42 Å². The first-order valence-electron chi connectivity index (χ1n) is 5.28. The Morgan fingerprint density at radius 2 is 2.47 bits per heavy atom. The molecule has 1 nitrogen and oxygen atoms in total. The maximum absolute atomic E-state index is 3.68. The Kier molecular flexibility index (Phi) is 4.55. The van der Waals surface area contributed by atoms with Gasteiger partial charge in [0.1, 0.15) is 0 Å². The molecule has 0 aliphatic heterocycles. The van der Waals surface area contributed by atoms with Crippen LogP contribution in [0.5, 0.6) is 0 Å². The molecule has 1 fully saturated rings. The zero-order valence-corrected chi connectivity index (χ0v) is 12.1. The third-order valence-corrected chi connectivity index (χ3v) is 5.67. The van der Waals surface area contributed by atoms with Crippen LogP contribution in [-0.4, -0.2) is 17.5 Å².